The Balaban J connectivity index is 1.59. The van der Waals surface area contributed by atoms with Gasteiger partial charge < -0.3 is 29.2 Å². The first-order valence-electron chi connectivity index (χ1n) is 13.5. The first-order chi connectivity index (χ1) is 20.7. The lowest BCUT2D eigenvalue weighted by molar-refractivity contribution is 0.0734. The highest BCUT2D eigenvalue weighted by Crippen LogP contribution is 2.43. The molecule has 7 nitrogen and oxygen atoms in total. The van der Waals surface area contributed by atoms with E-state index in [0.29, 0.717) is 39.4 Å². The zero-order valence-corrected chi connectivity index (χ0v) is 23.9. The molecule has 0 spiro atoms. The summed E-state index contributed by atoms with van der Waals surface area (Å²) in [5.41, 5.74) is 3.95. The Morgan fingerprint density at radius 3 is 2.21 bits per heavy atom. The number of methoxy groups -OCH3 is 1. The quantitative estimate of drug-likeness (QED) is 0.126. The second-order valence-electron chi connectivity index (χ2n) is 9.81. The van der Waals surface area contributed by atoms with Crippen LogP contribution in [0.25, 0.3) is 40.0 Å². The first kappa shape index (κ1) is 28.8. The minimum atomic E-state index is -0.628. The number of hydrogen-bond donors (Lipinski definition) is 3. The molecule has 0 fully saturated rings. The van der Waals surface area contributed by atoms with Gasteiger partial charge in [0.25, 0.3) is 0 Å². The Morgan fingerprint density at radius 1 is 0.791 bits per heavy atom. The summed E-state index contributed by atoms with van der Waals surface area (Å²) in [5, 5.41) is 32.1. The van der Waals surface area contributed by atoms with Crippen molar-refractivity contribution in [2.24, 2.45) is 0 Å². The Labute approximate surface area is 248 Å². The monoisotopic (exact) mass is 574 g/mol. The molecule has 0 aliphatic rings. The Hall–Kier alpha value is -5.69. The smallest absolute Gasteiger partial charge is 0.343 e. The van der Waals surface area contributed by atoms with Crippen molar-refractivity contribution in [1.82, 2.24) is 0 Å². The van der Waals surface area contributed by atoms with Gasteiger partial charge in [-0.05, 0) is 91.2 Å². The number of hydrogen-bond acceptors (Lipinski definition) is 7. The number of ether oxygens (including phenoxy) is 2. The molecule has 0 amide bonds. The minimum Gasteiger partial charge on any atom is -0.508 e. The summed E-state index contributed by atoms with van der Waals surface area (Å²) >= 11 is 0. The van der Waals surface area contributed by atoms with Crippen LogP contribution in [0, 0.1) is 0 Å². The molecular weight excluding hydrogens is 544 g/mol. The van der Waals surface area contributed by atoms with Crippen LogP contribution in [-0.2, 0) is 0 Å². The van der Waals surface area contributed by atoms with Crippen molar-refractivity contribution in [3.63, 3.8) is 0 Å². The molecule has 0 radical (unpaired) electrons. The fourth-order valence-electron chi connectivity index (χ4n) is 4.80. The highest BCUT2D eigenvalue weighted by atomic mass is 16.5. The summed E-state index contributed by atoms with van der Waals surface area (Å²) in [6, 6.07) is 19.4. The number of esters is 1. The lowest BCUT2D eigenvalue weighted by Crippen LogP contribution is -2.10. The number of fused-ring (bicyclic) bond motifs is 1. The van der Waals surface area contributed by atoms with Gasteiger partial charge in [-0.3, -0.25) is 0 Å². The molecule has 0 aliphatic carbocycles. The third-order valence-corrected chi connectivity index (χ3v) is 6.88. The second-order valence-corrected chi connectivity index (χ2v) is 9.81. The summed E-state index contributed by atoms with van der Waals surface area (Å²) in [5.74, 6) is 0.109. The molecule has 5 aromatic rings. The molecule has 43 heavy (non-hydrogen) atoms. The van der Waals surface area contributed by atoms with Gasteiger partial charge in [0.15, 0.2) is 11.3 Å². The van der Waals surface area contributed by atoms with Gasteiger partial charge in [-0.2, -0.15) is 0 Å². The third-order valence-electron chi connectivity index (χ3n) is 6.88. The lowest BCUT2D eigenvalue weighted by Gasteiger charge is -2.16. The molecule has 3 N–H and O–H groups in total. The average Bonchev–Trinajstić information content (AvgIpc) is 3.42. The molecule has 5 rings (SSSR count). The van der Waals surface area contributed by atoms with Crippen molar-refractivity contribution in [3.05, 3.63) is 119 Å². The van der Waals surface area contributed by atoms with Crippen molar-refractivity contribution < 1.29 is 34.0 Å². The van der Waals surface area contributed by atoms with Gasteiger partial charge in [-0.1, -0.05) is 36.9 Å². The fourth-order valence-corrected chi connectivity index (χ4v) is 4.80. The maximum atomic E-state index is 12.9. The maximum Gasteiger partial charge on any atom is 0.343 e. The van der Waals surface area contributed by atoms with Crippen LogP contribution < -0.4 is 9.47 Å². The van der Waals surface area contributed by atoms with E-state index in [9.17, 15) is 20.1 Å². The van der Waals surface area contributed by atoms with Crippen LogP contribution in [0.15, 0.2) is 95.9 Å². The maximum absolute atomic E-state index is 12.9. The summed E-state index contributed by atoms with van der Waals surface area (Å²) in [4.78, 5) is 12.9. The van der Waals surface area contributed by atoms with Crippen LogP contribution in [0.5, 0.6) is 28.7 Å². The van der Waals surface area contributed by atoms with E-state index in [2.05, 4.69) is 6.58 Å². The van der Waals surface area contributed by atoms with Crippen LogP contribution in [-0.4, -0.2) is 28.4 Å². The van der Waals surface area contributed by atoms with Gasteiger partial charge in [-0.15, -0.1) is 0 Å². The average molecular weight is 575 g/mol. The SMILES string of the molecule is C=C(c1cc(-c2cc3cc(/C=C/C)cc(OC)c3o2)c(O)cc1O)c1cc(/C=C/C)ccc1OC(=O)c1ccc(O)cc1. The molecule has 1 aromatic heterocycles. The molecule has 0 saturated carbocycles. The zero-order valence-electron chi connectivity index (χ0n) is 23.9. The topological polar surface area (TPSA) is 109 Å². The predicted molar refractivity (Wildman–Crippen MR) is 169 cm³/mol. The van der Waals surface area contributed by atoms with E-state index in [-0.39, 0.29) is 28.6 Å². The highest BCUT2D eigenvalue weighted by Gasteiger charge is 2.21. The van der Waals surface area contributed by atoms with Crippen molar-refractivity contribution in [3.8, 4) is 40.1 Å². The number of aromatic hydroxyl groups is 3. The van der Waals surface area contributed by atoms with E-state index in [4.69, 9.17) is 13.9 Å². The third kappa shape index (κ3) is 5.87. The van der Waals surface area contributed by atoms with Crippen LogP contribution in [0.1, 0.15) is 46.5 Å². The Bertz CT molecular complexity index is 1910. The van der Waals surface area contributed by atoms with E-state index in [1.165, 1.54) is 30.3 Å². The number of allylic oxidation sites excluding steroid dienone is 2. The molecule has 0 unspecified atom stereocenters. The number of phenolic OH excluding ortho intramolecular Hbond substituents is 3. The Morgan fingerprint density at radius 2 is 1.51 bits per heavy atom. The fraction of sp³-hybridized carbons (Fsp3) is 0.0833. The number of benzene rings is 4. The molecule has 4 aromatic carbocycles. The zero-order chi connectivity index (χ0) is 30.7. The van der Waals surface area contributed by atoms with Crippen LogP contribution >= 0.6 is 0 Å². The van der Waals surface area contributed by atoms with Gasteiger partial charge >= 0.3 is 5.97 Å². The van der Waals surface area contributed by atoms with Crippen molar-refractivity contribution in [2.45, 2.75) is 13.8 Å². The standard InChI is InChI=1S/C36H30O7/c1-5-7-22-9-14-32(43-36(40)24-10-12-26(37)13-11-24)28(16-22)21(3)27-19-29(31(39)20-30(27)38)33-18-25-15-23(8-6-2)17-34(41-4)35(25)42-33/h5-20,37-39H,3H2,1-2,4H3/b7-5+,8-6+. The summed E-state index contributed by atoms with van der Waals surface area (Å²) in [6.07, 6.45) is 7.63. The summed E-state index contributed by atoms with van der Waals surface area (Å²) in [6.45, 7) is 8.04. The van der Waals surface area contributed by atoms with E-state index in [0.717, 1.165) is 16.5 Å². The van der Waals surface area contributed by atoms with Crippen molar-refractivity contribution in [1.29, 1.82) is 0 Å². The molecule has 7 heteroatoms. The molecule has 0 saturated heterocycles. The van der Waals surface area contributed by atoms with E-state index < -0.39 is 5.97 Å². The molecule has 0 bridgehead atoms. The van der Waals surface area contributed by atoms with Crippen LogP contribution in [0.3, 0.4) is 0 Å². The van der Waals surface area contributed by atoms with E-state index in [1.807, 2.05) is 50.3 Å². The Kier molecular flexibility index (Phi) is 8.07. The van der Waals surface area contributed by atoms with Crippen LogP contribution in [0.4, 0.5) is 0 Å². The molecular formula is C36H30O7. The number of carbonyl (C=O) groups is 1. The minimum absolute atomic E-state index is 0.0288. The number of rotatable bonds is 8. The van der Waals surface area contributed by atoms with Gasteiger partial charge in [0.05, 0.1) is 18.2 Å². The first-order valence-corrected chi connectivity index (χ1v) is 13.5. The summed E-state index contributed by atoms with van der Waals surface area (Å²) in [7, 11) is 1.56. The van der Waals surface area contributed by atoms with Crippen molar-refractivity contribution >= 4 is 34.7 Å². The predicted octanol–water partition coefficient (Wildman–Crippen LogP) is 8.57. The van der Waals surface area contributed by atoms with E-state index in [1.54, 1.807) is 37.4 Å². The van der Waals surface area contributed by atoms with E-state index >= 15 is 0 Å². The van der Waals surface area contributed by atoms with Gasteiger partial charge in [0.2, 0.25) is 0 Å². The number of carbonyl (C=O) groups excluding carboxylic acids is 1. The molecule has 216 valence electrons. The normalized spacial score (nSPS) is 11.4. The number of phenols is 3. The van der Waals surface area contributed by atoms with Gasteiger partial charge in [0, 0.05) is 22.6 Å². The molecule has 0 aliphatic heterocycles. The van der Waals surface area contributed by atoms with Crippen molar-refractivity contribution in [2.75, 3.05) is 7.11 Å². The lowest BCUT2D eigenvalue weighted by atomic mass is 9.94. The second kappa shape index (κ2) is 12.0. The number of furan rings is 1. The highest BCUT2D eigenvalue weighted by molar-refractivity contribution is 5.95. The largest absolute Gasteiger partial charge is 0.508 e. The summed E-state index contributed by atoms with van der Waals surface area (Å²) < 4.78 is 17.4. The van der Waals surface area contributed by atoms with Crippen LogP contribution in [0.2, 0.25) is 0 Å². The molecule has 1 heterocycles. The van der Waals surface area contributed by atoms with Gasteiger partial charge in [0.1, 0.15) is 28.8 Å². The molecule has 0 atom stereocenters. The van der Waals surface area contributed by atoms with Gasteiger partial charge in [-0.25, -0.2) is 4.79 Å².